The molecule has 2 amide bonds. The van der Waals surface area contributed by atoms with Crippen LogP contribution in [0.4, 0.5) is 0 Å². The second-order valence-electron chi connectivity index (χ2n) is 9.95. The van der Waals surface area contributed by atoms with Gasteiger partial charge in [-0.25, -0.2) is 0 Å². The van der Waals surface area contributed by atoms with Crippen molar-refractivity contribution < 1.29 is 14.3 Å². The number of nitrogens with zero attached hydrogens (tertiary/aromatic N) is 1. The smallest absolute Gasteiger partial charge is 0.261 e. The molecule has 3 aromatic carbocycles. The largest absolute Gasteiger partial charge is 0.483 e. The van der Waals surface area contributed by atoms with Crippen molar-refractivity contribution >= 4 is 27.7 Å². The summed E-state index contributed by atoms with van der Waals surface area (Å²) in [5.41, 5.74) is 4.20. The first-order valence-electron chi connectivity index (χ1n) is 12.1. The van der Waals surface area contributed by atoms with Crippen LogP contribution in [0.25, 0.3) is 0 Å². The van der Waals surface area contributed by atoms with Crippen molar-refractivity contribution in [1.29, 1.82) is 0 Å². The molecule has 1 unspecified atom stereocenters. The van der Waals surface area contributed by atoms with Gasteiger partial charge in [-0.1, -0.05) is 81.4 Å². The summed E-state index contributed by atoms with van der Waals surface area (Å²) in [6.45, 7) is 8.58. The summed E-state index contributed by atoms with van der Waals surface area (Å²) in [5, 5.41) is 2.74. The van der Waals surface area contributed by atoms with E-state index in [1.807, 2.05) is 79.7 Å². The van der Waals surface area contributed by atoms with Gasteiger partial charge in [0.2, 0.25) is 5.91 Å². The Bertz CT molecular complexity index is 1190. The molecular formula is C30H35BrN2O3. The van der Waals surface area contributed by atoms with Crippen molar-refractivity contribution in [3.8, 4) is 5.75 Å². The van der Waals surface area contributed by atoms with E-state index in [1.165, 1.54) is 0 Å². The number of likely N-dealkylation sites (N-methyl/N-ethyl adjacent to an activating group) is 1. The van der Waals surface area contributed by atoms with E-state index in [0.29, 0.717) is 18.7 Å². The Labute approximate surface area is 223 Å². The van der Waals surface area contributed by atoms with Crippen molar-refractivity contribution in [2.24, 2.45) is 0 Å². The van der Waals surface area contributed by atoms with Crippen molar-refractivity contribution in [2.75, 3.05) is 13.7 Å². The number of aryl methyl sites for hydroxylation is 1. The van der Waals surface area contributed by atoms with Crippen LogP contribution in [-0.2, 0) is 28.0 Å². The Balaban J connectivity index is 1.88. The first-order chi connectivity index (χ1) is 17.1. The van der Waals surface area contributed by atoms with Gasteiger partial charge in [-0.05, 0) is 62.7 Å². The first kappa shape index (κ1) is 27.5. The van der Waals surface area contributed by atoms with E-state index in [1.54, 1.807) is 11.9 Å². The maximum atomic E-state index is 13.6. The van der Waals surface area contributed by atoms with Gasteiger partial charge in [0.25, 0.3) is 5.91 Å². The third-order valence-electron chi connectivity index (χ3n) is 6.27. The third kappa shape index (κ3) is 7.20. The molecule has 0 aliphatic rings. The number of rotatable bonds is 9. The maximum absolute atomic E-state index is 13.6. The summed E-state index contributed by atoms with van der Waals surface area (Å²) < 4.78 is 6.75. The maximum Gasteiger partial charge on any atom is 0.261 e. The zero-order chi connectivity index (χ0) is 26.3. The molecule has 0 aliphatic carbocycles. The second-order valence-corrected chi connectivity index (χ2v) is 10.8. The minimum absolute atomic E-state index is 0.000609. The van der Waals surface area contributed by atoms with Gasteiger partial charge in [-0.2, -0.15) is 0 Å². The lowest BCUT2D eigenvalue weighted by Gasteiger charge is -2.31. The Morgan fingerprint density at radius 2 is 1.67 bits per heavy atom. The number of benzene rings is 3. The molecule has 0 aliphatic heterocycles. The average Bonchev–Trinajstić information content (AvgIpc) is 2.85. The Kier molecular flexibility index (Phi) is 9.32. The SMILES string of the molecule is CNC(=O)C(Cc1ccccc1)N(Cc1ccccc1C)C(=O)COc1ccc(C(C)(C)C)cc1Br. The highest BCUT2D eigenvalue weighted by Gasteiger charge is 2.30. The molecule has 3 rings (SSSR count). The molecule has 0 spiro atoms. The van der Waals surface area contributed by atoms with Gasteiger partial charge in [0.05, 0.1) is 4.47 Å². The third-order valence-corrected chi connectivity index (χ3v) is 6.89. The molecule has 0 heterocycles. The number of hydrogen-bond acceptors (Lipinski definition) is 3. The highest BCUT2D eigenvalue weighted by atomic mass is 79.9. The average molecular weight is 552 g/mol. The zero-order valence-corrected chi connectivity index (χ0v) is 23.3. The lowest BCUT2D eigenvalue weighted by Crippen LogP contribution is -2.51. The molecule has 0 saturated heterocycles. The van der Waals surface area contributed by atoms with E-state index < -0.39 is 6.04 Å². The summed E-state index contributed by atoms with van der Waals surface area (Å²) in [7, 11) is 1.60. The molecule has 5 nitrogen and oxygen atoms in total. The van der Waals surface area contributed by atoms with Crippen LogP contribution in [0.5, 0.6) is 5.75 Å². The molecule has 190 valence electrons. The fourth-order valence-electron chi connectivity index (χ4n) is 4.00. The molecule has 0 saturated carbocycles. The van der Waals surface area contributed by atoms with Gasteiger partial charge in [0.15, 0.2) is 6.61 Å². The van der Waals surface area contributed by atoms with E-state index in [9.17, 15) is 9.59 Å². The van der Waals surface area contributed by atoms with Crippen molar-refractivity contribution in [3.63, 3.8) is 0 Å². The summed E-state index contributed by atoms with van der Waals surface area (Å²) in [4.78, 5) is 28.3. The molecule has 0 radical (unpaired) electrons. The zero-order valence-electron chi connectivity index (χ0n) is 21.7. The monoisotopic (exact) mass is 550 g/mol. The van der Waals surface area contributed by atoms with E-state index in [0.717, 1.165) is 26.7 Å². The molecule has 0 aromatic heterocycles. The molecule has 1 atom stereocenters. The Morgan fingerprint density at radius 1 is 1.00 bits per heavy atom. The number of nitrogens with one attached hydrogen (secondary N) is 1. The van der Waals surface area contributed by atoms with Crippen LogP contribution in [0.3, 0.4) is 0 Å². The van der Waals surface area contributed by atoms with Crippen LogP contribution < -0.4 is 10.1 Å². The van der Waals surface area contributed by atoms with Crippen LogP contribution in [0.15, 0.2) is 77.3 Å². The van der Waals surface area contributed by atoms with E-state index >= 15 is 0 Å². The Morgan fingerprint density at radius 3 is 2.28 bits per heavy atom. The van der Waals surface area contributed by atoms with Crippen molar-refractivity contribution in [1.82, 2.24) is 10.2 Å². The van der Waals surface area contributed by atoms with Gasteiger partial charge in [-0.3, -0.25) is 9.59 Å². The van der Waals surface area contributed by atoms with Gasteiger partial charge < -0.3 is 15.0 Å². The van der Waals surface area contributed by atoms with E-state index in [-0.39, 0.29) is 23.8 Å². The minimum atomic E-state index is -0.681. The first-order valence-corrected chi connectivity index (χ1v) is 12.9. The fraction of sp³-hybridized carbons (Fsp3) is 0.333. The fourth-order valence-corrected chi connectivity index (χ4v) is 4.49. The Hall–Kier alpha value is -3.12. The summed E-state index contributed by atoms with van der Waals surface area (Å²) >= 11 is 3.58. The summed E-state index contributed by atoms with van der Waals surface area (Å²) in [5.74, 6) is 0.123. The highest BCUT2D eigenvalue weighted by molar-refractivity contribution is 9.10. The van der Waals surface area contributed by atoms with E-state index in [4.69, 9.17) is 4.74 Å². The number of ether oxygens (including phenoxy) is 1. The predicted molar refractivity (Wildman–Crippen MR) is 148 cm³/mol. The standard InChI is InChI=1S/C30H35BrN2O3/c1-21-11-9-10-14-23(21)19-33(26(29(35)32-5)17-22-12-7-6-8-13-22)28(34)20-36-27-16-15-24(18-25(27)31)30(2,3)4/h6-16,18,26H,17,19-20H2,1-5H3,(H,32,35). The summed E-state index contributed by atoms with van der Waals surface area (Å²) in [6.07, 6.45) is 0.405. The quantitative estimate of drug-likeness (QED) is 0.365. The number of halogens is 1. The summed E-state index contributed by atoms with van der Waals surface area (Å²) in [6, 6.07) is 22.9. The van der Waals surface area contributed by atoms with Crippen LogP contribution in [0.2, 0.25) is 0 Å². The topological polar surface area (TPSA) is 58.6 Å². The van der Waals surface area contributed by atoms with Gasteiger partial charge in [-0.15, -0.1) is 0 Å². The number of amides is 2. The van der Waals surface area contributed by atoms with Crippen molar-refractivity contribution in [2.45, 2.75) is 52.1 Å². The normalized spacial score (nSPS) is 12.1. The number of carbonyl (C=O) groups is 2. The molecule has 36 heavy (non-hydrogen) atoms. The van der Waals surface area contributed by atoms with E-state index in [2.05, 4.69) is 42.0 Å². The van der Waals surface area contributed by atoms with Crippen LogP contribution >= 0.6 is 15.9 Å². The molecule has 3 aromatic rings. The lowest BCUT2D eigenvalue weighted by molar-refractivity contribution is -0.142. The highest BCUT2D eigenvalue weighted by Crippen LogP contribution is 2.31. The van der Waals surface area contributed by atoms with Gasteiger partial charge >= 0.3 is 0 Å². The molecule has 0 bridgehead atoms. The number of carbonyl (C=O) groups excluding carboxylic acids is 2. The predicted octanol–water partition coefficient (Wildman–Crippen LogP) is 5.82. The number of hydrogen-bond donors (Lipinski definition) is 1. The molecule has 6 heteroatoms. The molecule has 0 fully saturated rings. The van der Waals surface area contributed by atoms with Gasteiger partial charge in [0.1, 0.15) is 11.8 Å². The minimum Gasteiger partial charge on any atom is -0.483 e. The van der Waals surface area contributed by atoms with Crippen LogP contribution in [-0.4, -0.2) is 36.4 Å². The molecular weight excluding hydrogens is 516 g/mol. The van der Waals surface area contributed by atoms with Crippen molar-refractivity contribution in [3.05, 3.63) is 99.5 Å². The second kappa shape index (κ2) is 12.2. The lowest BCUT2D eigenvalue weighted by atomic mass is 9.87. The van der Waals surface area contributed by atoms with Crippen LogP contribution in [0, 0.1) is 6.92 Å². The molecule has 1 N–H and O–H groups in total. The van der Waals surface area contributed by atoms with Crippen LogP contribution in [0.1, 0.15) is 43.0 Å². The van der Waals surface area contributed by atoms with Gasteiger partial charge in [0, 0.05) is 20.0 Å².